The third-order valence-corrected chi connectivity index (χ3v) is 2.08. The predicted molar refractivity (Wildman–Crippen MR) is 56.8 cm³/mol. The lowest BCUT2D eigenvalue weighted by Crippen LogP contribution is -1.68. The van der Waals surface area contributed by atoms with Gasteiger partial charge in [0.05, 0.1) is 0 Å². The van der Waals surface area contributed by atoms with Gasteiger partial charge in [-0.2, -0.15) is 0 Å². The lowest BCUT2D eigenvalue weighted by atomic mass is 10.2. The zero-order chi connectivity index (χ0) is 9.23. The minimum atomic E-state index is 1.02. The summed E-state index contributed by atoms with van der Waals surface area (Å²) in [7, 11) is 0. The first-order chi connectivity index (χ1) is 5.85. The fraction of sp³-hybridized carbons (Fsp3) is 0.833. The number of hydrogen-bond donors (Lipinski definition) is 0. The molecule has 2 radical (unpaired) electrons. The molecule has 0 amide bonds. The summed E-state index contributed by atoms with van der Waals surface area (Å²) in [5, 5.41) is 0. The van der Waals surface area contributed by atoms with Crippen LogP contribution in [0.3, 0.4) is 0 Å². The van der Waals surface area contributed by atoms with E-state index in [2.05, 4.69) is 27.2 Å². The van der Waals surface area contributed by atoms with Gasteiger partial charge in [-0.15, -0.1) is 0 Å². The fourth-order valence-corrected chi connectivity index (χ4v) is 1.13. The minimum absolute atomic E-state index is 1.02. The van der Waals surface area contributed by atoms with Gasteiger partial charge in [-0.05, 0) is 18.8 Å². The lowest BCUT2D eigenvalue weighted by molar-refractivity contribution is 0.726. The topological polar surface area (TPSA) is 0 Å². The molecule has 1 rings (SSSR count). The van der Waals surface area contributed by atoms with Crippen LogP contribution in [0.2, 0.25) is 0 Å². The second-order valence-corrected chi connectivity index (χ2v) is 3.58. The molecule has 0 aliphatic heterocycles. The molecule has 0 N–H and O–H groups in total. The smallest absolute Gasteiger partial charge is 0.0352 e. The molecule has 1 aliphatic carbocycles. The maximum atomic E-state index is 3.72. The van der Waals surface area contributed by atoms with Crippen LogP contribution in [-0.2, 0) is 0 Å². The molecule has 1 saturated carbocycles. The molecule has 0 aromatic carbocycles. The molecular weight excluding hydrogens is 144 g/mol. The van der Waals surface area contributed by atoms with Gasteiger partial charge in [-0.3, -0.25) is 0 Å². The first kappa shape index (κ1) is 12.0. The predicted octanol–water partition coefficient (Wildman–Crippen LogP) is 4.41. The summed E-state index contributed by atoms with van der Waals surface area (Å²) in [6.45, 7) is 8.17. The average molecular weight is 168 g/mol. The van der Waals surface area contributed by atoms with Crippen molar-refractivity contribution in [2.24, 2.45) is 5.92 Å². The zero-order valence-electron chi connectivity index (χ0n) is 8.81. The van der Waals surface area contributed by atoms with Crippen molar-refractivity contribution in [1.82, 2.24) is 0 Å². The Hall–Kier alpha value is 0. The van der Waals surface area contributed by atoms with Crippen LogP contribution in [0.15, 0.2) is 0 Å². The van der Waals surface area contributed by atoms with Crippen LogP contribution in [0.25, 0.3) is 0 Å². The SMILES string of the molecule is CCCC1[CH]C1.[CH2]CCCCC. The van der Waals surface area contributed by atoms with Crippen molar-refractivity contribution in [3.8, 4) is 0 Å². The Kier molecular flexibility index (Phi) is 9.09. The molecule has 0 aromatic rings. The van der Waals surface area contributed by atoms with Crippen molar-refractivity contribution in [2.75, 3.05) is 0 Å². The highest BCUT2D eigenvalue weighted by Gasteiger charge is 2.19. The second kappa shape index (κ2) is 9.09. The lowest BCUT2D eigenvalue weighted by Gasteiger charge is -1.86. The average Bonchev–Trinajstić information content (AvgIpc) is 2.86. The van der Waals surface area contributed by atoms with Crippen LogP contribution >= 0.6 is 0 Å². The van der Waals surface area contributed by atoms with Gasteiger partial charge in [0.15, 0.2) is 0 Å². The van der Waals surface area contributed by atoms with Crippen molar-refractivity contribution in [3.63, 3.8) is 0 Å². The Balaban J connectivity index is 0.000000202. The summed E-state index contributed by atoms with van der Waals surface area (Å²) in [5.41, 5.74) is 0. The van der Waals surface area contributed by atoms with E-state index >= 15 is 0 Å². The minimum Gasteiger partial charge on any atom is -0.0654 e. The van der Waals surface area contributed by atoms with E-state index in [0.29, 0.717) is 0 Å². The largest absolute Gasteiger partial charge is 0.0654 e. The molecule has 0 aromatic heterocycles. The zero-order valence-corrected chi connectivity index (χ0v) is 8.81. The second-order valence-electron chi connectivity index (χ2n) is 3.58. The standard InChI is InChI=1S/C6H11.C6H13/c1-2-3-6-4-5-6;1-3-5-6-4-2/h4,6H,2-3,5H2,1H3;1,3-6H2,2H3. The monoisotopic (exact) mass is 168 g/mol. The van der Waals surface area contributed by atoms with Gasteiger partial charge in [0, 0.05) is 0 Å². The van der Waals surface area contributed by atoms with E-state index in [1.54, 1.807) is 0 Å². The molecule has 1 aliphatic rings. The Morgan fingerprint density at radius 2 is 1.92 bits per heavy atom. The highest BCUT2D eigenvalue weighted by atomic mass is 14.2. The molecule has 0 saturated heterocycles. The van der Waals surface area contributed by atoms with Gasteiger partial charge < -0.3 is 0 Å². The maximum absolute atomic E-state index is 3.72. The normalized spacial score (nSPS) is 15.2. The molecule has 1 unspecified atom stereocenters. The van der Waals surface area contributed by atoms with E-state index in [1.807, 2.05) is 0 Å². The van der Waals surface area contributed by atoms with Gasteiger partial charge >= 0.3 is 0 Å². The van der Waals surface area contributed by atoms with E-state index in [9.17, 15) is 0 Å². The van der Waals surface area contributed by atoms with Crippen LogP contribution in [0.1, 0.15) is 58.8 Å². The van der Waals surface area contributed by atoms with E-state index < -0.39 is 0 Å². The number of rotatable bonds is 5. The molecule has 1 fully saturated rings. The Morgan fingerprint density at radius 3 is 2.08 bits per heavy atom. The molecule has 12 heavy (non-hydrogen) atoms. The highest BCUT2D eigenvalue weighted by molar-refractivity contribution is 4.93. The van der Waals surface area contributed by atoms with Crippen LogP contribution in [-0.4, -0.2) is 0 Å². The van der Waals surface area contributed by atoms with Gasteiger partial charge in [0.1, 0.15) is 0 Å². The van der Waals surface area contributed by atoms with Crippen molar-refractivity contribution >= 4 is 0 Å². The van der Waals surface area contributed by atoms with Gasteiger partial charge in [0.2, 0.25) is 0 Å². The third kappa shape index (κ3) is 10.0. The molecule has 0 bridgehead atoms. The van der Waals surface area contributed by atoms with Crippen LogP contribution < -0.4 is 0 Å². The van der Waals surface area contributed by atoms with Gasteiger partial charge in [0.25, 0.3) is 0 Å². The molecule has 72 valence electrons. The molecule has 1 atom stereocenters. The van der Waals surface area contributed by atoms with Gasteiger partial charge in [-0.25, -0.2) is 0 Å². The third-order valence-electron chi connectivity index (χ3n) is 2.08. The fourth-order valence-electron chi connectivity index (χ4n) is 1.13. The van der Waals surface area contributed by atoms with Crippen molar-refractivity contribution < 1.29 is 0 Å². The highest BCUT2D eigenvalue weighted by Crippen LogP contribution is 2.31. The first-order valence-electron chi connectivity index (χ1n) is 5.47. The molecule has 0 heterocycles. The van der Waals surface area contributed by atoms with Crippen molar-refractivity contribution in [3.05, 3.63) is 13.3 Å². The van der Waals surface area contributed by atoms with Crippen LogP contribution in [0.5, 0.6) is 0 Å². The van der Waals surface area contributed by atoms with Gasteiger partial charge in [-0.1, -0.05) is 59.3 Å². The van der Waals surface area contributed by atoms with Crippen molar-refractivity contribution in [2.45, 2.75) is 58.8 Å². The van der Waals surface area contributed by atoms with E-state index in [-0.39, 0.29) is 0 Å². The summed E-state index contributed by atoms with van der Waals surface area (Å²) >= 11 is 0. The summed E-state index contributed by atoms with van der Waals surface area (Å²) in [5.74, 6) is 1.02. The number of hydrogen-bond acceptors (Lipinski definition) is 0. The quantitative estimate of drug-likeness (QED) is 0.533. The molecule has 0 nitrogen and oxygen atoms in total. The first-order valence-corrected chi connectivity index (χ1v) is 5.47. The van der Waals surface area contributed by atoms with E-state index in [0.717, 1.165) is 12.3 Å². The maximum Gasteiger partial charge on any atom is -0.0352 e. The van der Waals surface area contributed by atoms with Crippen LogP contribution in [0.4, 0.5) is 0 Å². The Morgan fingerprint density at radius 1 is 1.25 bits per heavy atom. The van der Waals surface area contributed by atoms with Crippen molar-refractivity contribution in [1.29, 1.82) is 0 Å². The summed E-state index contributed by atoms with van der Waals surface area (Å²) < 4.78 is 0. The summed E-state index contributed by atoms with van der Waals surface area (Å²) in [6.07, 6.45) is 11.6. The Bertz CT molecular complexity index is 68.1. The summed E-state index contributed by atoms with van der Waals surface area (Å²) in [6, 6.07) is 0. The van der Waals surface area contributed by atoms with Crippen LogP contribution in [0, 0.1) is 19.3 Å². The van der Waals surface area contributed by atoms with E-state index in [1.165, 1.54) is 38.5 Å². The number of unbranched alkanes of at least 4 members (excludes halogenated alkanes) is 3. The molecular formula is C12H24. The van der Waals surface area contributed by atoms with E-state index in [4.69, 9.17) is 0 Å². The molecule has 0 heteroatoms. The Labute approximate surface area is 78.8 Å². The molecule has 0 spiro atoms. The summed E-state index contributed by atoms with van der Waals surface area (Å²) in [4.78, 5) is 0.